The van der Waals surface area contributed by atoms with Gasteiger partial charge < -0.3 is 4.90 Å². The van der Waals surface area contributed by atoms with E-state index in [1.54, 1.807) is 9.58 Å². The van der Waals surface area contributed by atoms with Gasteiger partial charge in [0.15, 0.2) is 5.69 Å². The molecule has 3 rings (SSSR count). The van der Waals surface area contributed by atoms with Crippen molar-refractivity contribution in [2.24, 2.45) is 0 Å². The first-order chi connectivity index (χ1) is 10.1. The topological polar surface area (TPSA) is 55.2 Å². The summed E-state index contributed by atoms with van der Waals surface area (Å²) in [6, 6.07) is 3.98. The van der Waals surface area contributed by atoms with Gasteiger partial charge in [-0.15, -0.1) is 0 Å². The first kappa shape index (κ1) is 13.7. The third kappa shape index (κ3) is 2.30. The van der Waals surface area contributed by atoms with Crippen LogP contribution >= 0.6 is 0 Å². The molecule has 110 valence electrons. The van der Waals surface area contributed by atoms with Crippen LogP contribution in [0.2, 0.25) is 0 Å². The summed E-state index contributed by atoms with van der Waals surface area (Å²) in [6.07, 6.45) is 1.88. The molecule has 5 nitrogen and oxygen atoms in total. The summed E-state index contributed by atoms with van der Waals surface area (Å²) in [4.78, 5) is 26.5. The molecule has 6 heteroatoms. The number of carbonyl (C=O) groups is 1. The van der Waals surface area contributed by atoms with Gasteiger partial charge in [0, 0.05) is 19.6 Å². The monoisotopic (exact) mass is 289 g/mol. The molecule has 2 heterocycles. The Balaban J connectivity index is 2.21. The zero-order valence-electron chi connectivity index (χ0n) is 11.8. The van der Waals surface area contributed by atoms with Crippen molar-refractivity contribution >= 4 is 16.8 Å². The second-order valence-corrected chi connectivity index (χ2v) is 5.15. The van der Waals surface area contributed by atoms with Crippen LogP contribution in [0.4, 0.5) is 4.39 Å². The molecule has 21 heavy (non-hydrogen) atoms. The van der Waals surface area contributed by atoms with Crippen molar-refractivity contribution < 1.29 is 9.18 Å². The Kier molecular flexibility index (Phi) is 3.45. The number of aromatic nitrogens is 2. The van der Waals surface area contributed by atoms with Gasteiger partial charge in [0.05, 0.1) is 10.9 Å². The van der Waals surface area contributed by atoms with Crippen LogP contribution in [0.15, 0.2) is 23.0 Å². The van der Waals surface area contributed by atoms with Gasteiger partial charge >= 0.3 is 0 Å². The molecule has 1 aliphatic heterocycles. The van der Waals surface area contributed by atoms with Crippen LogP contribution in [0.1, 0.15) is 30.3 Å². The molecule has 1 aliphatic rings. The molecule has 0 atom stereocenters. The lowest BCUT2D eigenvalue weighted by molar-refractivity contribution is 0.0783. The van der Waals surface area contributed by atoms with E-state index in [2.05, 4.69) is 5.10 Å². The van der Waals surface area contributed by atoms with Crippen LogP contribution in [-0.4, -0.2) is 33.7 Å². The van der Waals surface area contributed by atoms with Crippen LogP contribution in [0.5, 0.6) is 0 Å². The Labute approximate surface area is 121 Å². The van der Waals surface area contributed by atoms with E-state index in [-0.39, 0.29) is 17.0 Å². The number of likely N-dealkylation sites (tertiary alicyclic amines) is 1. The predicted octanol–water partition coefficient (Wildman–Crippen LogP) is 1.79. The standard InChI is InChI=1S/C15H16FN3O2/c1-2-19-12-6-5-10(16)9-11(12)14(20)13(17-19)15(21)18-7-3-4-8-18/h5-6,9H,2-4,7-8H2,1H3. The number of benzene rings is 1. The molecule has 0 radical (unpaired) electrons. The first-order valence-electron chi connectivity index (χ1n) is 7.11. The quantitative estimate of drug-likeness (QED) is 0.847. The number of carbonyl (C=O) groups excluding carboxylic acids is 1. The Hall–Kier alpha value is -2.24. The molecule has 1 amide bonds. The number of nitrogens with zero attached hydrogens (tertiary/aromatic N) is 3. The number of aryl methyl sites for hydroxylation is 1. The summed E-state index contributed by atoms with van der Waals surface area (Å²) in [5, 5.41) is 4.39. The van der Waals surface area contributed by atoms with Gasteiger partial charge in [-0.05, 0) is 38.0 Å². The molecule has 2 aromatic rings. The van der Waals surface area contributed by atoms with E-state index in [1.807, 2.05) is 6.92 Å². The van der Waals surface area contributed by atoms with Gasteiger partial charge in [0.2, 0.25) is 5.43 Å². The van der Waals surface area contributed by atoms with Gasteiger partial charge in [0.25, 0.3) is 5.91 Å². The summed E-state index contributed by atoms with van der Waals surface area (Å²) < 4.78 is 15.0. The minimum absolute atomic E-state index is 0.114. The number of rotatable bonds is 2. The molecule has 0 aliphatic carbocycles. The van der Waals surface area contributed by atoms with Crippen molar-refractivity contribution in [3.63, 3.8) is 0 Å². The van der Waals surface area contributed by atoms with E-state index in [1.165, 1.54) is 18.2 Å². The van der Waals surface area contributed by atoms with Gasteiger partial charge in [-0.2, -0.15) is 5.10 Å². The summed E-state index contributed by atoms with van der Waals surface area (Å²) in [6.45, 7) is 3.66. The molecule has 0 spiro atoms. The smallest absolute Gasteiger partial charge is 0.278 e. The Morgan fingerprint density at radius 3 is 2.71 bits per heavy atom. The highest BCUT2D eigenvalue weighted by atomic mass is 19.1. The third-order valence-electron chi connectivity index (χ3n) is 3.81. The summed E-state index contributed by atoms with van der Waals surface area (Å²) in [5.41, 5.74) is -0.0650. The fraction of sp³-hybridized carbons (Fsp3) is 0.400. The van der Waals surface area contributed by atoms with Gasteiger partial charge in [-0.25, -0.2) is 4.39 Å². The van der Waals surface area contributed by atoms with Crippen molar-refractivity contribution in [3.8, 4) is 0 Å². The Morgan fingerprint density at radius 2 is 2.05 bits per heavy atom. The molecular weight excluding hydrogens is 273 g/mol. The van der Waals surface area contributed by atoms with E-state index in [9.17, 15) is 14.0 Å². The zero-order valence-corrected chi connectivity index (χ0v) is 11.8. The summed E-state index contributed by atoms with van der Waals surface area (Å²) in [7, 11) is 0. The maximum Gasteiger partial charge on any atom is 0.278 e. The molecular formula is C15H16FN3O2. The lowest BCUT2D eigenvalue weighted by Gasteiger charge is -2.16. The molecule has 1 fully saturated rings. The van der Waals surface area contributed by atoms with Crippen LogP contribution < -0.4 is 5.43 Å². The Bertz CT molecular complexity index is 763. The highest BCUT2D eigenvalue weighted by Crippen LogP contribution is 2.14. The van der Waals surface area contributed by atoms with Crippen LogP contribution in [0.25, 0.3) is 10.9 Å². The largest absolute Gasteiger partial charge is 0.337 e. The van der Waals surface area contributed by atoms with Crippen molar-refractivity contribution in [1.29, 1.82) is 0 Å². The molecule has 1 aromatic carbocycles. The van der Waals surface area contributed by atoms with Gasteiger partial charge in [-0.3, -0.25) is 14.3 Å². The molecule has 1 saturated heterocycles. The highest BCUT2D eigenvalue weighted by molar-refractivity contribution is 5.95. The number of hydrogen-bond donors (Lipinski definition) is 0. The maximum absolute atomic E-state index is 13.4. The molecule has 0 saturated carbocycles. The van der Waals surface area contributed by atoms with E-state index < -0.39 is 11.2 Å². The average Bonchev–Trinajstić information content (AvgIpc) is 3.02. The van der Waals surface area contributed by atoms with Crippen LogP contribution in [0.3, 0.4) is 0 Å². The van der Waals surface area contributed by atoms with Crippen molar-refractivity contribution in [2.75, 3.05) is 13.1 Å². The second kappa shape index (κ2) is 5.27. The highest BCUT2D eigenvalue weighted by Gasteiger charge is 2.25. The van der Waals surface area contributed by atoms with Crippen molar-refractivity contribution in [2.45, 2.75) is 26.3 Å². The van der Waals surface area contributed by atoms with E-state index in [4.69, 9.17) is 0 Å². The number of halogens is 1. The number of amides is 1. The second-order valence-electron chi connectivity index (χ2n) is 5.15. The lowest BCUT2D eigenvalue weighted by atomic mass is 10.2. The van der Waals surface area contributed by atoms with Crippen molar-refractivity contribution in [3.05, 3.63) is 39.9 Å². The fourth-order valence-electron chi connectivity index (χ4n) is 2.71. The van der Waals surface area contributed by atoms with Crippen LogP contribution in [-0.2, 0) is 6.54 Å². The Morgan fingerprint density at radius 1 is 1.33 bits per heavy atom. The van der Waals surface area contributed by atoms with Gasteiger partial charge in [-0.1, -0.05) is 0 Å². The zero-order chi connectivity index (χ0) is 15.0. The normalized spacial score (nSPS) is 14.9. The van der Waals surface area contributed by atoms with Crippen LogP contribution in [0, 0.1) is 5.82 Å². The van der Waals surface area contributed by atoms with E-state index in [0.29, 0.717) is 25.2 Å². The summed E-state index contributed by atoms with van der Waals surface area (Å²) in [5.74, 6) is -0.848. The number of fused-ring (bicyclic) bond motifs is 1. The minimum Gasteiger partial charge on any atom is -0.337 e. The molecule has 1 aromatic heterocycles. The first-order valence-corrected chi connectivity index (χ1v) is 7.11. The maximum atomic E-state index is 13.4. The number of hydrogen-bond acceptors (Lipinski definition) is 3. The average molecular weight is 289 g/mol. The third-order valence-corrected chi connectivity index (χ3v) is 3.81. The van der Waals surface area contributed by atoms with Gasteiger partial charge in [0.1, 0.15) is 5.82 Å². The van der Waals surface area contributed by atoms with E-state index in [0.717, 1.165) is 12.8 Å². The lowest BCUT2D eigenvalue weighted by Crippen LogP contribution is -2.34. The van der Waals surface area contributed by atoms with Crippen molar-refractivity contribution in [1.82, 2.24) is 14.7 Å². The van der Waals surface area contributed by atoms with E-state index >= 15 is 0 Å². The fourth-order valence-corrected chi connectivity index (χ4v) is 2.71. The molecule has 0 bridgehead atoms. The summed E-state index contributed by atoms with van der Waals surface area (Å²) >= 11 is 0. The predicted molar refractivity (Wildman–Crippen MR) is 76.8 cm³/mol. The molecule has 0 unspecified atom stereocenters. The SMILES string of the molecule is CCn1nc(C(=O)N2CCCC2)c(=O)c2cc(F)ccc21. The minimum atomic E-state index is -0.494. The molecule has 0 N–H and O–H groups in total.